The average molecular weight is 242 g/mol. The van der Waals surface area contributed by atoms with Gasteiger partial charge in [-0.25, -0.2) is 0 Å². The molecule has 18 heavy (non-hydrogen) atoms. The van der Waals surface area contributed by atoms with Gasteiger partial charge >= 0.3 is 0 Å². The van der Waals surface area contributed by atoms with Crippen LogP contribution in [-0.2, 0) is 4.74 Å². The monoisotopic (exact) mass is 242 g/mol. The van der Waals surface area contributed by atoms with Gasteiger partial charge in [-0.05, 0) is 6.42 Å². The lowest BCUT2D eigenvalue weighted by Gasteiger charge is -2.29. The molecule has 1 aliphatic heterocycles. The van der Waals surface area contributed by atoms with Crippen molar-refractivity contribution in [3.8, 4) is 0 Å². The van der Waals surface area contributed by atoms with E-state index in [1.165, 1.54) is 0 Å². The van der Waals surface area contributed by atoms with Gasteiger partial charge in [0.15, 0.2) is 11.6 Å². The second kappa shape index (κ2) is 4.18. The van der Waals surface area contributed by atoms with Gasteiger partial charge < -0.3 is 4.74 Å². The summed E-state index contributed by atoms with van der Waals surface area (Å²) in [5, 5.41) is 0. The van der Waals surface area contributed by atoms with Gasteiger partial charge in [-0.1, -0.05) is 31.2 Å². The predicted octanol–water partition coefficient (Wildman–Crippen LogP) is 2.56. The Kier molecular flexibility index (Phi) is 2.63. The highest BCUT2D eigenvalue weighted by atomic mass is 16.5. The van der Waals surface area contributed by atoms with Crippen LogP contribution in [0.15, 0.2) is 35.4 Å². The summed E-state index contributed by atoms with van der Waals surface area (Å²) >= 11 is 0. The maximum absolute atomic E-state index is 12.4. The number of rotatable bonds is 1. The first-order chi connectivity index (χ1) is 8.72. The van der Waals surface area contributed by atoms with Crippen LogP contribution >= 0.6 is 0 Å². The molecule has 1 unspecified atom stereocenters. The first-order valence-electron chi connectivity index (χ1n) is 6.24. The molecule has 0 saturated carbocycles. The van der Waals surface area contributed by atoms with E-state index in [9.17, 15) is 9.59 Å². The third-order valence-electron chi connectivity index (χ3n) is 3.68. The third-order valence-corrected chi connectivity index (χ3v) is 3.68. The zero-order valence-electron chi connectivity index (χ0n) is 10.2. The van der Waals surface area contributed by atoms with Crippen molar-refractivity contribution in [3.63, 3.8) is 0 Å². The van der Waals surface area contributed by atoms with Crippen LogP contribution < -0.4 is 0 Å². The number of carbonyl (C=O) groups is 2. The molecule has 1 aromatic rings. The van der Waals surface area contributed by atoms with Crippen molar-refractivity contribution in [2.75, 3.05) is 6.61 Å². The maximum Gasteiger partial charge on any atom is 0.192 e. The zero-order chi connectivity index (χ0) is 12.7. The van der Waals surface area contributed by atoms with Crippen LogP contribution in [0.5, 0.6) is 0 Å². The van der Waals surface area contributed by atoms with E-state index in [0.29, 0.717) is 28.7 Å². The fraction of sp³-hybridized carbons (Fsp3) is 0.333. The highest BCUT2D eigenvalue weighted by Gasteiger charge is 2.35. The van der Waals surface area contributed by atoms with Crippen molar-refractivity contribution in [2.24, 2.45) is 0 Å². The second-order valence-electron chi connectivity index (χ2n) is 4.71. The summed E-state index contributed by atoms with van der Waals surface area (Å²) in [6.07, 6.45) is 1.48. The summed E-state index contributed by atoms with van der Waals surface area (Å²) < 4.78 is 5.60. The van der Waals surface area contributed by atoms with Gasteiger partial charge in [-0.3, -0.25) is 9.59 Å². The lowest BCUT2D eigenvalue weighted by molar-refractivity contribution is 0.0496. The fourth-order valence-corrected chi connectivity index (χ4v) is 2.60. The molecule has 1 aliphatic carbocycles. The van der Waals surface area contributed by atoms with Crippen LogP contribution in [0.4, 0.5) is 0 Å². The molecule has 2 aliphatic rings. The lowest BCUT2D eigenvalue weighted by Crippen LogP contribution is -2.32. The van der Waals surface area contributed by atoms with E-state index < -0.39 is 0 Å². The van der Waals surface area contributed by atoms with Gasteiger partial charge in [-0.15, -0.1) is 0 Å². The van der Waals surface area contributed by atoms with Gasteiger partial charge in [0, 0.05) is 28.7 Å². The fourth-order valence-electron chi connectivity index (χ4n) is 2.60. The summed E-state index contributed by atoms with van der Waals surface area (Å²) in [5.74, 6) is -0.0447. The van der Waals surface area contributed by atoms with Crippen molar-refractivity contribution < 1.29 is 14.3 Å². The second-order valence-corrected chi connectivity index (χ2v) is 4.71. The first-order valence-corrected chi connectivity index (χ1v) is 6.24. The summed E-state index contributed by atoms with van der Waals surface area (Å²) in [6, 6.07) is 7.03. The molecule has 0 saturated heterocycles. The lowest BCUT2D eigenvalue weighted by atomic mass is 9.81. The van der Waals surface area contributed by atoms with Crippen LogP contribution in [0.2, 0.25) is 0 Å². The topological polar surface area (TPSA) is 43.4 Å². The molecule has 92 valence electrons. The van der Waals surface area contributed by atoms with Crippen LogP contribution in [-0.4, -0.2) is 24.3 Å². The van der Waals surface area contributed by atoms with Gasteiger partial charge in [0.25, 0.3) is 0 Å². The molecule has 1 heterocycles. The summed E-state index contributed by atoms with van der Waals surface area (Å²) in [5.41, 5.74) is 2.28. The van der Waals surface area contributed by atoms with Gasteiger partial charge in [0.2, 0.25) is 0 Å². The average Bonchev–Trinajstić information content (AvgIpc) is 2.44. The minimum Gasteiger partial charge on any atom is -0.373 e. The van der Waals surface area contributed by atoms with E-state index in [-0.39, 0.29) is 24.3 Å². The summed E-state index contributed by atoms with van der Waals surface area (Å²) in [6.45, 7) is 2.30. The molecule has 3 rings (SSSR count). The van der Waals surface area contributed by atoms with Crippen molar-refractivity contribution >= 4 is 11.6 Å². The molecule has 0 aromatic heterocycles. The van der Waals surface area contributed by atoms with Gasteiger partial charge in [0.05, 0.1) is 12.7 Å². The third kappa shape index (κ3) is 1.55. The molecule has 0 amide bonds. The molecule has 0 spiro atoms. The number of Topliss-reactive ketones (excluding diaryl/α,β-unsaturated/α-hetero) is 2. The number of hydrogen-bond donors (Lipinski definition) is 0. The summed E-state index contributed by atoms with van der Waals surface area (Å²) in [4.78, 5) is 24.7. The van der Waals surface area contributed by atoms with Crippen LogP contribution in [0.3, 0.4) is 0 Å². The smallest absolute Gasteiger partial charge is 0.192 e. The van der Waals surface area contributed by atoms with Crippen LogP contribution in [0.1, 0.15) is 40.5 Å². The standard InChI is InChI=1S/C15H14O3/c1-2-9-7-12-13(8-18-9)15(17)11-6-4-3-5-10(11)14(12)16/h3-6,9H,2,7-8H2,1H3. The van der Waals surface area contributed by atoms with E-state index >= 15 is 0 Å². The largest absolute Gasteiger partial charge is 0.373 e. The molecule has 0 radical (unpaired) electrons. The number of hydrogen-bond acceptors (Lipinski definition) is 3. The Hall–Kier alpha value is -1.74. The Morgan fingerprint density at radius 1 is 1.11 bits per heavy atom. The number of fused-ring (bicyclic) bond motifs is 1. The molecule has 3 nitrogen and oxygen atoms in total. The van der Waals surface area contributed by atoms with E-state index in [1.807, 2.05) is 6.92 Å². The predicted molar refractivity (Wildman–Crippen MR) is 66.8 cm³/mol. The van der Waals surface area contributed by atoms with E-state index in [2.05, 4.69) is 0 Å². The minimum absolute atomic E-state index is 0.00181. The van der Waals surface area contributed by atoms with E-state index in [4.69, 9.17) is 4.74 Å². The quantitative estimate of drug-likeness (QED) is 0.760. The highest BCUT2D eigenvalue weighted by molar-refractivity contribution is 6.27. The number of benzene rings is 1. The zero-order valence-corrected chi connectivity index (χ0v) is 10.2. The van der Waals surface area contributed by atoms with Gasteiger partial charge in [-0.2, -0.15) is 0 Å². The Morgan fingerprint density at radius 3 is 2.33 bits per heavy atom. The Balaban J connectivity index is 2.10. The maximum atomic E-state index is 12.4. The van der Waals surface area contributed by atoms with Crippen molar-refractivity contribution in [3.05, 3.63) is 46.5 Å². The Bertz CT molecular complexity index is 569. The molecular formula is C15H14O3. The SMILES string of the molecule is CCC1CC2=C(CO1)C(=O)c1ccccc1C2=O. The van der Waals surface area contributed by atoms with Crippen molar-refractivity contribution in [1.29, 1.82) is 0 Å². The highest BCUT2D eigenvalue weighted by Crippen LogP contribution is 2.33. The van der Waals surface area contributed by atoms with E-state index in [1.54, 1.807) is 24.3 Å². The number of carbonyl (C=O) groups excluding carboxylic acids is 2. The first kappa shape index (κ1) is 11.4. The molecule has 3 heteroatoms. The Labute approximate surface area is 105 Å². The molecular weight excluding hydrogens is 228 g/mol. The van der Waals surface area contributed by atoms with Crippen molar-refractivity contribution in [1.82, 2.24) is 0 Å². The number of ether oxygens (including phenoxy) is 1. The molecule has 0 bridgehead atoms. The minimum atomic E-state index is -0.0465. The van der Waals surface area contributed by atoms with Crippen LogP contribution in [0.25, 0.3) is 0 Å². The van der Waals surface area contributed by atoms with E-state index in [0.717, 1.165) is 6.42 Å². The van der Waals surface area contributed by atoms with Crippen LogP contribution in [0, 0.1) is 0 Å². The molecule has 1 aromatic carbocycles. The normalized spacial score (nSPS) is 22.8. The molecule has 0 N–H and O–H groups in total. The Morgan fingerprint density at radius 2 is 1.72 bits per heavy atom. The number of ketones is 2. The molecule has 1 atom stereocenters. The van der Waals surface area contributed by atoms with Gasteiger partial charge in [0.1, 0.15) is 0 Å². The van der Waals surface area contributed by atoms with Crippen molar-refractivity contribution in [2.45, 2.75) is 25.9 Å². The molecule has 0 fully saturated rings. The summed E-state index contributed by atoms with van der Waals surface area (Å²) in [7, 11) is 0.